The third kappa shape index (κ3) is 3.33. The van der Waals surface area contributed by atoms with Gasteiger partial charge < -0.3 is 4.57 Å². The molecule has 0 bridgehead atoms. The minimum atomic E-state index is 0.853. The molecule has 4 aromatic rings. The second-order valence-electron chi connectivity index (χ2n) is 6.10. The number of benzene rings is 3. The molecule has 25 heavy (non-hydrogen) atoms. The third-order valence-electron chi connectivity index (χ3n) is 4.41. The van der Waals surface area contributed by atoms with Gasteiger partial charge in [-0.15, -0.1) is 0 Å². The first-order chi connectivity index (χ1) is 12.3. The molecule has 124 valence electrons. The van der Waals surface area contributed by atoms with Crippen molar-refractivity contribution < 1.29 is 0 Å². The Morgan fingerprint density at radius 2 is 1.48 bits per heavy atom. The van der Waals surface area contributed by atoms with Crippen LogP contribution in [0.4, 0.5) is 0 Å². The smallest absolute Gasteiger partial charge is 0.120 e. The highest BCUT2D eigenvalue weighted by Gasteiger charge is 2.10. The Balaban J connectivity index is 1.66. The Bertz CT molecular complexity index is 972. The fourth-order valence-electron chi connectivity index (χ4n) is 3.16. The number of aromatic nitrogens is 2. The van der Waals surface area contributed by atoms with E-state index in [9.17, 15) is 0 Å². The molecular weight excluding hydrogens is 324 g/mol. The first-order valence-corrected chi connectivity index (χ1v) is 9.82. The molecule has 1 aromatic heterocycles. The van der Waals surface area contributed by atoms with Crippen molar-refractivity contribution in [1.29, 1.82) is 0 Å². The van der Waals surface area contributed by atoms with Crippen LogP contribution in [0, 0.1) is 0 Å². The second-order valence-corrected chi connectivity index (χ2v) is 6.96. The van der Waals surface area contributed by atoms with Crippen molar-refractivity contribution in [2.24, 2.45) is 0 Å². The number of nitrogens with zero attached hydrogens (tertiary/aromatic N) is 2. The zero-order valence-electron chi connectivity index (χ0n) is 14.2. The van der Waals surface area contributed by atoms with Gasteiger partial charge in [0.1, 0.15) is 5.82 Å². The van der Waals surface area contributed by atoms with Crippen molar-refractivity contribution in [2.45, 2.75) is 12.3 Å². The molecule has 0 saturated carbocycles. The summed E-state index contributed by atoms with van der Waals surface area (Å²) in [5.74, 6) is 2.07. The number of rotatable bonds is 5. The summed E-state index contributed by atoms with van der Waals surface area (Å²) in [7, 11) is 0. The van der Waals surface area contributed by atoms with Gasteiger partial charge in [-0.3, -0.25) is 0 Å². The average Bonchev–Trinajstić information content (AvgIpc) is 3.01. The van der Waals surface area contributed by atoms with Gasteiger partial charge in [0.2, 0.25) is 0 Å². The first-order valence-electron chi connectivity index (χ1n) is 8.42. The standard InChI is InChI=1S/C22H20N2S/c1-25-16-22-23-20-9-5-6-10-21(20)24(22)15-17-11-13-19(14-12-17)18-7-3-2-4-8-18/h2-14H,15-16H2,1H3. The minimum Gasteiger partial charge on any atom is -0.323 e. The lowest BCUT2D eigenvalue weighted by Gasteiger charge is -2.10. The van der Waals surface area contributed by atoms with Crippen LogP contribution in [-0.2, 0) is 12.3 Å². The molecule has 3 heteroatoms. The van der Waals surface area contributed by atoms with Gasteiger partial charge >= 0.3 is 0 Å². The lowest BCUT2D eigenvalue weighted by atomic mass is 10.0. The Labute approximate surface area is 152 Å². The van der Waals surface area contributed by atoms with E-state index >= 15 is 0 Å². The molecule has 4 rings (SSSR count). The first kappa shape index (κ1) is 16.0. The molecule has 0 unspecified atom stereocenters. The average molecular weight is 344 g/mol. The predicted octanol–water partition coefficient (Wildman–Crippen LogP) is 5.61. The van der Waals surface area contributed by atoms with Gasteiger partial charge in [0.05, 0.1) is 16.8 Å². The Hall–Kier alpha value is -2.52. The van der Waals surface area contributed by atoms with Crippen molar-refractivity contribution in [1.82, 2.24) is 9.55 Å². The summed E-state index contributed by atoms with van der Waals surface area (Å²) < 4.78 is 2.34. The van der Waals surface area contributed by atoms with Crippen molar-refractivity contribution in [3.05, 3.63) is 90.3 Å². The highest BCUT2D eigenvalue weighted by molar-refractivity contribution is 7.97. The van der Waals surface area contributed by atoms with Crippen LogP contribution in [0.2, 0.25) is 0 Å². The molecule has 0 aliphatic carbocycles. The zero-order valence-corrected chi connectivity index (χ0v) is 15.0. The van der Waals surface area contributed by atoms with Crippen LogP contribution in [-0.4, -0.2) is 15.8 Å². The maximum atomic E-state index is 4.81. The lowest BCUT2D eigenvalue weighted by Crippen LogP contribution is -2.04. The molecule has 0 atom stereocenters. The third-order valence-corrected chi connectivity index (χ3v) is 4.96. The van der Waals surface area contributed by atoms with Crippen LogP contribution in [0.15, 0.2) is 78.9 Å². The molecule has 0 N–H and O–H groups in total. The van der Waals surface area contributed by atoms with E-state index in [1.807, 2.05) is 11.8 Å². The number of hydrogen-bond acceptors (Lipinski definition) is 2. The Kier molecular flexibility index (Phi) is 4.57. The number of imidazole rings is 1. The maximum absolute atomic E-state index is 4.81. The topological polar surface area (TPSA) is 17.8 Å². The van der Waals surface area contributed by atoms with E-state index in [4.69, 9.17) is 4.98 Å². The maximum Gasteiger partial charge on any atom is 0.120 e. The van der Waals surface area contributed by atoms with E-state index in [1.165, 1.54) is 22.2 Å². The summed E-state index contributed by atoms with van der Waals surface area (Å²) in [6, 6.07) is 27.7. The van der Waals surface area contributed by atoms with Crippen LogP contribution in [0.1, 0.15) is 11.4 Å². The van der Waals surface area contributed by atoms with Crippen molar-refractivity contribution >= 4 is 22.8 Å². The molecule has 0 amide bonds. The van der Waals surface area contributed by atoms with Crippen LogP contribution in [0.5, 0.6) is 0 Å². The molecule has 0 saturated heterocycles. The number of para-hydroxylation sites is 2. The van der Waals surface area contributed by atoms with Crippen LogP contribution >= 0.6 is 11.8 Å². The quantitative estimate of drug-likeness (QED) is 0.468. The van der Waals surface area contributed by atoms with E-state index < -0.39 is 0 Å². The number of thioether (sulfide) groups is 1. The normalized spacial score (nSPS) is 11.1. The van der Waals surface area contributed by atoms with Gasteiger partial charge in [-0.05, 0) is 35.1 Å². The summed E-state index contributed by atoms with van der Waals surface area (Å²) >= 11 is 1.81. The Morgan fingerprint density at radius 1 is 0.800 bits per heavy atom. The van der Waals surface area contributed by atoms with Gasteiger partial charge in [-0.2, -0.15) is 11.8 Å². The molecule has 0 radical (unpaired) electrons. The highest BCUT2D eigenvalue weighted by Crippen LogP contribution is 2.23. The van der Waals surface area contributed by atoms with Gasteiger partial charge in [-0.1, -0.05) is 66.7 Å². The molecule has 0 aliphatic rings. The summed E-state index contributed by atoms with van der Waals surface area (Å²) in [6.07, 6.45) is 2.12. The molecule has 0 fully saturated rings. The summed E-state index contributed by atoms with van der Waals surface area (Å²) in [5, 5.41) is 0. The largest absolute Gasteiger partial charge is 0.323 e. The summed E-state index contributed by atoms with van der Waals surface area (Å²) in [6.45, 7) is 0.853. The van der Waals surface area contributed by atoms with E-state index in [0.29, 0.717) is 0 Å². The van der Waals surface area contributed by atoms with Gasteiger partial charge in [0.15, 0.2) is 0 Å². The molecule has 0 spiro atoms. The highest BCUT2D eigenvalue weighted by atomic mass is 32.2. The van der Waals surface area contributed by atoms with E-state index in [0.717, 1.165) is 23.6 Å². The predicted molar refractivity (Wildman–Crippen MR) is 108 cm³/mol. The summed E-state index contributed by atoms with van der Waals surface area (Å²) in [4.78, 5) is 4.81. The van der Waals surface area contributed by atoms with Crippen LogP contribution < -0.4 is 0 Å². The van der Waals surface area contributed by atoms with E-state index in [1.54, 1.807) is 0 Å². The van der Waals surface area contributed by atoms with Gasteiger partial charge in [0.25, 0.3) is 0 Å². The summed E-state index contributed by atoms with van der Waals surface area (Å²) in [5.41, 5.74) is 6.09. The fraction of sp³-hybridized carbons (Fsp3) is 0.136. The zero-order chi connectivity index (χ0) is 17.1. The SMILES string of the molecule is CSCc1nc2ccccc2n1Cc1ccc(-c2ccccc2)cc1. The molecule has 1 heterocycles. The van der Waals surface area contributed by atoms with Crippen molar-refractivity contribution in [3.63, 3.8) is 0 Å². The van der Waals surface area contributed by atoms with Crippen LogP contribution in [0.3, 0.4) is 0 Å². The molecule has 0 aliphatic heterocycles. The fourth-order valence-corrected chi connectivity index (χ4v) is 3.64. The van der Waals surface area contributed by atoms with Crippen molar-refractivity contribution in [2.75, 3.05) is 6.26 Å². The Morgan fingerprint density at radius 3 is 2.24 bits per heavy atom. The second kappa shape index (κ2) is 7.16. The lowest BCUT2D eigenvalue weighted by molar-refractivity contribution is 0.780. The monoisotopic (exact) mass is 344 g/mol. The van der Waals surface area contributed by atoms with Crippen molar-refractivity contribution in [3.8, 4) is 11.1 Å². The van der Waals surface area contributed by atoms with E-state index in [-0.39, 0.29) is 0 Å². The molecule has 2 nitrogen and oxygen atoms in total. The van der Waals surface area contributed by atoms with Gasteiger partial charge in [-0.25, -0.2) is 4.98 Å². The van der Waals surface area contributed by atoms with Gasteiger partial charge in [0, 0.05) is 6.54 Å². The number of hydrogen-bond donors (Lipinski definition) is 0. The number of fused-ring (bicyclic) bond motifs is 1. The molecule has 3 aromatic carbocycles. The van der Waals surface area contributed by atoms with Crippen LogP contribution in [0.25, 0.3) is 22.2 Å². The minimum absolute atomic E-state index is 0.853. The molecular formula is C22H20N2S. The van der Waals surface area contributed by atoms with E-state index in [2.05, 4.69) is 89.7 Å².